The van der Waals surface area contributed by atoms with Gasteiger partial charge < -0.3 is 14.8 Å². The molecular formula is C22H29N6O4+. The second kappa shape index (κ2) is 8.18. The minimum Gasteiger partial charge on any atom is -0.497 e. The van der Waals surface area contributed by atoms with Gasteiger partial charge in [-0.15, -0.1) is 0 Å². The van der Waals surface area contributed by atoms with E-state index in [9.17, 15) is 9.59 Å². The third-order valence-corrected chi connectivity index (χ3v) is 6.23. The fourth-order valence-electron chi connectivity index (χ4n) is 4.25. The number of amidine groups is 1. The number of hydrogen-bond acceptors (Lipinski definition) is 6. The number of carbonyl (C=O) groups excluding carboxylic acids is 2. The number of imide groups is 1. The van der Waals surface area contributed by atoms with Crippen molar-refractivity contribution in [2.75, 3.05) is 40.2 Å². The van der Waals surface area contributed by atoms with E-state index in [4.69, 9.17) is 14.5 Å². The van der Waals surface area contributed by atoms with Crippen LogP contribution in [0.3, 0.4) is 0 Å². The second-order valence-corrected chi connectivity index (χ2v) is 7.95. The van der Waals surface area contributed by atoms with Gasteiger partial charge in [-0.05, 0) is 32.4 Å². The smallest absolute Gasteiger partial charge is 0.402 e. The molecule has 4 rings (SSSR count). The average molecular weight is 442 g/mol. The van der Waals surface area contributed by atoms with E-state index >= 15 is 0 Å². The molecule has 0 radical (unpaired) electrons. The number of aromatic nitrogens is 2. The van der Waals surface area contributed by atoms with Crippen molar-refractivity contribution in [3.8, 4) is 11.5 Å². The zero-order valence-corrected chi connectivity index (χ0v) is 19.3. The summed E-state index contributed by atoms with van der Waals surface area (Å²) in [5.74, 6) is 2.38. The van der Waals surface area contributed by atoms with Crippen LogP contribution in [0.25, 0.3) is 0 Å². The van der Waals surface area contributed by atoms with Crippen LogP contribution in [-0.2, 0) is 11.3 Å². The molecule has 2 aliphatic rings. The Hall–Kier alpha value is -3.56. The van der Waals surface area contributed by atoms with Crippen LogP contribution in [0.4, 0.5) is 16.4 Å². The second-order valence-electron chi connectivity index (χ2n) is 7.95. The summed E-state index contributed by atoms with van der Waals surface area (Å²) in [7, 11) is 6.42. The molecule has 170 valence electrons. The van der Waals surface area contributed by atoms with E-state index < -0.39 is 6.04 Å². The molecule has 2 aromatic rings. The number of likely N-dealkylation sites (N-methyl/N-ethyl adjacent to an activating group) is 2. The SMILES string of the molecule is COc1ccc(NCCC[n+]2c(C)c(C)n3c2N=C2C3C(=O)N(C)C(=O)N2C)c(OC)c1. The van der Waals surface area contributed by atoms with Crippen molar-refractivity contribution in [1.29, 1.82) is 0 Å². The number of benzene rings is 1. The standard InChI is InChI=1S/C22H29N6O4/c1-13-14(2)28-18-19(25(3)22(30)26(4)20(18)29)24-21(28)27(13)11-7-10-23-16-9-8-15(31-5)12-17(16)32-6/h8-9,12,18,23H,7,10-11H2,1-6H3/q+1. The predicted octanol–water partition coefficient (Wildman–Crippen LogP) is 2.02. The van der Waals surface area contributed by atoms with Gasteiger partial charge in [-0.2, -0.15) is 0 Å². The number of rotatable bonds is 7. The van der Waals surface area contributed by atoms with Crippen molar-refractivity contribution < 1.29 is 23.6 Å². The molecule has 1 unspecified atom stereocenters. The lowest BCUT2D eigenvalue weighted by atomic mass is 10.1. The van der Waals surface area contributed by atoms with Gasteiger partial charge in [0.25, 0.3) is 5.91 Å². The van der Waals surface area contributed by atoms with Crippen molar-refractivity contribution in [3.05, 3.63) is 29.6 Å². The zero-order chi connectivity index (χ0) is 23.2. The molecule has 2 aliphatic heterocycles. The minimum absolute atomic E-state index is 0.260. The van der Waals surface area contributed by atoms with Crippen LogP contribution in [0.15, 0.2) is 23.2 Å². The molecule has 1 aromatic heterocycles. The van der Waals surface area contributed by atoms with Gasteiger partial charge in [-0.3, -0.25) is 14.6 Å². The number of hydrogen-bond donors (Lipinski definition) is 1. The summed E-state index contributed by atoms with van der Waals surface area (Å²) >= 11 is 0. The highest BCUT2D eigenvalue weighted by Gasteiger charge is 2.53. The Morgan fingerprint density at radius 1 is 1.12 bits per heavy atom. The summed E-state index contributed by atoms with van der Waals surface area (Å²) in [5.41, 5.74) is 2.92. The fraction of sp³-hybridized carbons (Fsp3) is 0.455. The van der Waals surface area contributed by atoms with Crippen molar-refractivity contribution >= 4 is 29.4 Å². The molecule has 32 heavy (non-hydrogen) atoms. The molecule has 3 amide bonds. The molecule has 0 spiro atoms. The first kappa shape index (κ1) is 21.7. The summed E-state index contributed by atoms with van der Waals surface area (Å²) in [4.78, 5) is 32.5. The largest absolute Gasteiger partial charge is 0.497 e. The number of ether oxygens (including phenoxy) is 2. The molecule has 3 heterocycles. The van der Waals surface area contributed by atoms with Gasteiger partial charge in [-0.25, -0.2) is 13.9 Å². The number of imidazole rings is 1. The summed E-state index contributed by atoms with van der Waals surface area (Å²) < 4.78 is 14.7. The number of fused-ring (bicyclic) bond motifs is 3. The Labute approximate surface area is 187 Å². The normalized spacial score (nSPS) is 17.3. The van der Waals surface area contributed by atoms with Crippen LogP contribution in [0.5, 0.6) is 11.5 Å². The minimum atomic E-state index is -0.598. The van der Waals surface area contributed by atoms with E-state index in [1.165, 1.54) is 11.9 Å². The molecule has 1 N–H and O–H groups in total. The van der Waals surface area contributed by atoms with Gasteiger partial charge in [0, 0.05) is 26.7 Å². The lowest BCUT2D eigenvalue weighted by molar-refractivity contribution is -0.689. The highest BCUT2D eigenvalue weighted by molar-refractivity contribution is 6.20. The molecule has 10 heteroatoms. The van der Waals surface area contributed by atoms with Crippen LogP contribution in [-0.4, -0.2) is 67.0 Å². The Balaban J connectivity index is 1.52. The Morgan fingerprint density at radius 3 is 2.56 bits per heavy atom. The zero-order valence-electron chi connectivity index (χ0n) is 19.3. The Kier molecular flexibility index (Phi) is 5.53. The summed E-state index contributed by atoms with van der Waals surface area (Å²) in [6.07, 6.45) is 0.829. The van der Waals surface area contributed by atoms with Gasteiger partial charge in [-0.1, -0.05) is 4.99 Å². The Morgan fingerprint density at radius 2 is 1.88 bits per heavy atom. The highest BCUT2D eigenvalue weighted by atomic mass is 16.5. The van der Waals surface area contributed by atoms with E-state index in [1.807, 2.05) is 36.6 Å². The van der Waals surface area contributed by atoms with E-state index in [1.54, 1.807) is 21.3 Å². The Bertz CT molecular complexity index is 1120. The van der Waals surface area contributed by atoms with Gasteiger partial charge in [0.1, 0.15) is 22.9 Å². The first-order valence-corrected chi connectivity index (χ1v) is 10.5. The van der Waals surface area contributed by atoms with Gasteiger partial charge in [0.05, 0.1) is 26.5 Å². The van der Waals surface area contributed by atoms with Crippen LogP contribution >= 0.6 is 0 Å². The monoisotopic (exact) mass is 441 g/mol. The predicted molar refractivity (Wildman–Crippen MR) is 119 cm³/mol. The number of nitrogens with one attached hydrogen (secondary N) is 1. The number of aliphatic imine (C=N–C) groups is 1. The van der Waals surface area contributed by atoms with Crippen molar-refractivity contribution in [2.45, 2.75) is 32.9 Å². The molecule has 1 atom stereocenters. The molecule has 0 bridgehead atoms. The van der Waals surface area contributed by atoms with Gasteiger partial charge in [0.2, 0.25) is 11.9 Å². The van der Waals surface area contributed by atoms with Crippen molar-refractivity contribution in [3.63, 3.8) is 0 Å². The average Bonchev–Trinajstić information content (AvgIpc) is 3.30. The van der Waals surface area contributed by atoms with Crippen LogP contribution in [0.2, 0.25) is 0 Å². The number of amides is 3. The van der Waals surface area contributed by atoms with E-state index in [2.05, 4.69) is 9.88 Å². The lowest BCUT2D eigenvalue weighted by Gasteiger charge is -2.30. The number of anilines is 1. The van der Waals surface area contributed by atoms with Crippen LogP contribution in [0.1, 0.15) is 23.9 Å². The first-order chi connectivity index (χ1) is 15.3. The topological polar surface area (TPSA) is 92.3 Å². The summed E-state index contributed by atoms with van der Waals surface area (Å²) in [6, 6.07) is 4.70. The fourth-order valence-corrected chi connectivity index (χ4v) is 4.25. The maximum atomic E-state index is 12.9. The van der Waals surface area contributed by atoms with Crippen LogP contribution < -0.4 is 19.4 Å². The summed E-state index contributed by atoms with van der Waals surface area (Å²) in [5, 5.41) is 3.41. The molecule has 1 aromatic carbocycles. The van der Waals surface area contributed by atoms with Crippen LogP contribution in [0, 0.1) is 13.8 Å². The number of methoxy groups -OCH3 is 2. The number of urea groups is 1. The third-order valence-electron chi connectivity index (χ3n) is 6.23. The van der Waals surface area contributed by atoms with Gasteiger partial charge >= 0.3 is 12.0 Å². The maximum absolute atomic E-state index is 12.9. The van der Waals surface area contributed by atoms with E-state index in [0.29, 0.717) is 18.3 Å². The maximum Gasteiger partial charge on any atom is 0.402 e. The van der Waals surface area contributed by atoms with Crippen molar-refractivity contribution in [1.82, 2.24) is 14.4 Å². The van der Waals surface area contributed by atoms with E-state index in [-0.39, 0.29) is 11.9 Å². The quantitative estimate of drug-likeness (QED) is 0.524. The molecule has 0 saturated carbocycles. The molecule has 1 fully saturated rings. The van der Waals surface area contributed by atoms with Gasteiger partial charge in [0.15, 0.2) is 0 Å². The van der Waals surface area contributed by atoms with Crippen molar-refractivity contribution in [2.24, 2.45) is 4.99 Å². The third kappa shape index (κ3) is 3.26. The lowest BCUT2D eigenvalue weighted by Crippen LogP contribution is -2.56. The molecule has 0 aliphatic carbocycles. The summed E-state index contributed by atoms with van der Waals surface area (Å²) in [6.45, 7) is 5.45. The number of nitrogens with zero attached hydrogens (tertiary/aromatic N) is 5. The highest BCUT2D eigenvalue weighted by Crippen LogP contribution is 2.34. The molecule has 1 saturated heterocycles. The first-order valence-electron chi connectivity index (χ1n) is 10.5. The molecule has 10 nitrogen and oxygen atoms in total. The molecular weight excluding hydrogens is 412 g/mol. The van der Waals surface area contributed by atoms with E-state index in [0.717, 1.165) is 46.4 Å². The number of carbonyl (C=O) groups is 2.